The third kappa shape index (κ3) is 5.76. The van der Waals surface area contributed by atoms with Crippen molar-refractivity contribution >= 4 is 5.91 Å². The van der Waals surface area contributed by atoms with E-state index in [9.17, 15) is 4.79 Å². The summed E-state index contributed by atoms with van der Waals surface area (Å²) in [5, 5.41) is 3.92. The van der Waals surface area contributed by atoms with Gasteiger partial charge in [-0.05, 0) is 45.8 Å². The molecule has 0 bridgehead atoms. The molecule has 0 aliphatic carbocycles. The van der Waals surface area contributed by atoms with Crippen LogP contribution >= 0.6 is 0 Å². The average Bonchev–Trinajstić information content (AvgIpc) is 2.01. The van der Waals surface area contributed by atoms with E-state index in [1.807, 2.05) is 0 Å². The van der Waals surface area contributed by atoms with Crippen molar-refractivity contribution < 1.29 is 37.5 Å². The van der Waals surface area contributed by atoms with Gasteiger partial charge in [-0.25, -0.2) is 0 Å². The van der Waals surface area contributed by atoms with E-state index in [1.165, 1.54) is 26.3 Å². The fourth-order valence-electron chi connectivity index (χ4n) is 1.68. The number of hydrogen-bond acceptors (Lipinski definition) is 2. The molecule has 1 saturated heterocycles. The summed E-state index contributed by atoms with van der Waals surface area (Å²) in [5.74, 6) is 0.566. The van der Waals surface area contributed by atoms with E-state index in [0.29, 0.717) is 5.92 Å². The van der Waals surface area contributed by atoms with Gasteiger partial charge >= 0.3 is 0 Å². The maximum Gasteiger partial charge on any atom is 0.0480 e. The smallest absolute Gasteiger partial charge is 0.0480 e. The fraction of sp³-hybridized carbons (Fsp3) is 0.889. The summed E-state index contributed by atoms with van der Waals surface area (Å²) in [7, 11) is 2.12. The van der Waals surface area contributed by atoms with Crippen molar-refractivity contribution in [2.45, 2.75) is 19.8 Å². The molecule has 1 amide bonds. The van der Waals surface area contributed by atoms with Gasteiger partial charge in [0, 0.05) is 38.6 Å². The Labute approximate surface area is 106 Å². The summed E-state index contributed by atoms with van der Waals surface area (Å²) in [5.41, 5.74) is 0. The molecule has 0 spiro atoms. The number of nitrogens with zero attached hydrogens (tertiary/aromatic N) is 2. The number of rotatable bonds is 2. The number of amides is 1. The molecule has 3 nitrogen and oxygen atoms in total. The summed E-state index contributed by atoms with van der Waals surface area (Å²) in [6, 6.07) is 0. The van der Waals surface area contributed by atoms with Crippen molar-refractivity contribution in [3.63, 3.8) is 0 Å². The van der Waals surface area contributed by atoms with Crippen LogP contribution < -0.4 is 0 Å². The van der Waals surface area contributed by atoms with Crippen LogP contribution in [0.4, 0.5) is 0 Å². The molecule has 1 fully saturated rings. The van der Waals surface area contributed by atoms with Crippen molar-refractivity contribution in [1.29, 1.82) is 0 Å². The standard InChI is InChI=1S/C9H18N2O.Y/c1-8(12)10-6-9-4-3-5-11(2)7-9;/h9H,3-7H2,1-2H3,(H,10,12);/p-1. The quantitative estimate of drug-likeness (QED) is 0.747. The largest absolute Gasteiger partial charge is 0.653 e. The van der Waals surface area contributed by atoms with Crippen molar-refractivity contribution in [2.75, 3.05) is 26.7 Å². The Morgan fingerprint density at radius 1 is 1.62 bits per heavy atom. The molecule has 1 atom stereocenters. The molecule has 4 heteroatoms. The van der Waals surface area contributed by atoms with E-state index in [2.05, 4.69) is 17.3 Å². The zero-order chi connectivity index (χ0) is 8.97. The summed E-state index contributed by atoms with van der Waals surface area (Å²) in [6.07, 6.45) is 2.47. The first-order valence-corrected chi connectivity index (χ1v) is 4.55. The second-order valence-corrected chi connectivity index (χ2v) is 3.63. The van der Waals surface area contributed by atoms with E-state index in [4.69, 9.17) is 0 Å². The van der Waals surface area contributed by atoms with Gasteiger partial charge in [0.1, 0.15) is 0 Å². The van der Waals surface area contributed by atoms with Gasteiger partial charge in [0.05, 0.1) is 0 Å². The van der Waals surface area contributed by atoms with E-state index in [-0.39, 0.29) is 38.6 Å². The Morgan fingerprint density at radius 3 is 2.85 bits per heavy atom. The number of carbonyl (C=O) groups is 1. The maximum atomic E-state index is 10.6. The van der Waals surface area contributed by atoms with Gasteiger partial charge in [-0.15, -0.1) is 6.54 Å². The van der Waals surface area contributed by atoms with E-state index in [0.717, 1.165) is 13.1 Å². The van der Waals surface area contributed by atoms with Crippen LogP contribution in [-0.2, 0) is 37.5 Å². The molecule has 0 aromatic heterocycles. The van der Waals surface area contributed by atoms with Crippen LogP contribution in [-0.4, -0.2) is 37.5 Å². The number of likely N-dealkylation sites (tertiary alicyclic amines) is 1. The molecular formula is C9H17N2OY-. The predicted octanol–water partition coefficient (Wildman–Crippen LogP) is 1.25. The average molecular weight is 258 g/mol. The Morgan fingerprint density at radius 2 is 2.31 bits per heavy atom. The van der Waals surface area contributed by atoms with Crippen molar-refractivity contribution in [1.82, 2.24) is 4.90 Å². The zero-order valence-corrected chi connectivity index (χ0v) is 11.3. The van der Waals surface area contributed by atoms with Gasteiger partial charge in [0.2, 0.25) is 0 Å². The molecule has 1 rings (SSSR count). The monoisotopic (exact) mass is 258 g/mol. The molecule has 1 unspecified atom stereocenters. The zero-order valence-electron chi connectivity index (χ0n) is 8.49. The maximum absolute atomic E-state index is 10.6. The third-order valence-corrected chi connectivity index (χ3v) is 2.29. The van der Waals surface area contributed by atoms with Crippen LogP contribution in [0, 0.1) is 5.92 Å². The Hall–Kier alpha value is 0.534. The second-order valence-electron chi connectivity index (χ2n) is 3.63. The predicted molar refractivity (Wildman–Crippen MR) is 49.1 cm³/mol. The first kappa shape index (κ1) is 13.5. The van der Waals surface area contributed by atoms with E-state index in [1.54, 1.807) is 0 Å². The van der Waals surface area contributed by atoms with Crippen molar-refractivity contribution in [2.24, 2.45) is 5.92 Å². The van der Waals surface area contributed by atoms with Gasteiger partial charge in [-0.1, -0.05) is 0 Å². The van der Waals surface area contributed by atoms with Gasteiger partial charge in [-0.2, -0.15) is 0 Å². The van der Waals surface area contributed by atoms with Gasteiger partial charge < -0.3 is 15.0 Å². The number of hydrogen-bond donors (Lipinski definition) is 0. The SMILES string of the molecule is CC(=O)[N-]CC1CCCN(C)C1.[Y]. The molecule has 13 heavy (non-hydrogen) atoms. The molecule has 0 saturated carbocycles. The molecule has 1 aliphatic rings. The van der Waals surface area contributed by atoms with Crippen LogP contribution in [0.15, 0.2) is 0 Å². The minimum absolute atomic E-state index is 0. The molecule has 1 aliphatic heterocycles. The fourth-order valence-corrected chi connectivity index (χ4v) is 1.68. The van der Waals surface area contributed by atoms with Gasteiger partial charge in [0.25, 0.3) is 0 Å². The van der Waals surface area contributed by atoms with Crippen LogP contribution in [0.2, 0.25) is 0 Å². The van der Waals surface area contributed by atoms with Crippen LogP contribution in [0.3, 0.4) is 0 Å². The van der Waals surface area contributed by atoms with Crippen LogP contribution in [0.25, 0.3) is 5.32 Å². The molecule has 73 valence electrons. The normalized spacial score (nSPS) is 23.4. The Kier molecular flexibility index (Phi) is 7.19. The summed E-state index contributed by atoms with van der Waals surface area (Å²) < 4.78 is 0. The topological polar surface area (TPSA) is 34.4 Å². The van der Waals surface area contributed by atoms with Gasteiger partial charge in [-0.3, -0.25) is 0 Å². The van der Waals surface area contributed by atoms with E-state index < -0.39 is 0 Å². The first-order valence-electron chi connectivity index (χ1n) is 4.55. The van der Waals surface area contributed by atoms with Crippen LogP contribution in [0.1, 0.15) is 19.8 Å². The molecule has 0 aromatic carbocycles. The van der Waals surface area contributed by atoms with Crippen molar-refractivity contribution in [3.05, 3.63) is 5.32 Å². The second kappa shape index (κ2) is 6.91. The summed E-state index contributed by atoms with van der Waals surface area (Å²) >= 11 is 0. The first-order chi connectivity index (χ1) is 5.68. The number of piperidine rings is 1. The summed E-state index contributed by atoms with van der Waals surface area (Å²) in [4.78, 5) is 12.9. The molecule has 0 aromatic rings. The number of carbonyl (C=O) groups excluding carboxylic acids is 1. The third-order valence-electron chi connectivity index (χ3n) is 2.29. The minimum atomic E-state index is -0.0387. The minimum Gasteiger partial charge on any atom is -0.653 e. The van der Waals surface area contributed by atoms with Gasteiger partial charge in [0.15, 0.2) is 0 Å². The van der Waals surface area contributed by atoms with Crippen molar-refractivity contribution in [3.8, 4) is 0 Å². The molecule has 1 radical (unpaired) electrons. The molecular weight excluding hydrogens is 241 g/mol. The summed E-state index contributed by atoms with van der Waals surface area (Å²) in [6.45, 7) is 4.53. The Bertz CT molecular complexity index is 164. The Balaban J connectivity index is 0.00000144. The molecule has 1 heterocycles. The van der Waals surface area contributed by atoms with E-state index >= 15 is 0 Å². The molecule has 0 N–H and O–H groups in total. The van der Waals surface area contributed by atoms with Crippen LogP contribution in [0.5, 0.6) is 0 Å².